The number of anilines is 1. The van der Waals surface area contributed by atoms with Crippen LogP contribution in [0.2, 0.25) is 0 Å². The molecule has 1 atom stereocenters. The first-order valence-electron chi connectivity index (χ1n) is 6.27. The van der Waals surface area contributed by atoms with E-state index in [0.29, 0.717) is 31.0 Å². The van der Waals surface area contributed by atoms with Crippen LogP contribution in [0.4, 0.5) is 5.82 Å². The Morgan fingerprint density at radius 3 is 3.05 bits per heavy atom. The molecule has 6 heteroatoms. The Balaban J connectivity index is 2.16. The van der Waals surface area contributed by atoms with Gasteiger partial charge in [0.05, 0.1) is 6.61 Å². The molecular formula is C13H17N3O3. The quantitative estimate of drug-likeness (QED) is 0.817. The van der Waals surface area contributed by atoms with Crippen molar-refractivity contribution in [3.63, 3.8) is 0 Å². The number of ether oxygens (including phenoxy) is 1. The van der Waals surface area contributed by atoms with Crippen LogP contribution in [0, 0.1) is 0 Å². The van der Waals surface area contributed by atoms with E-state index in [1.807, 2.05) is 0 Å². The van der Waals surface area contributed by atoms with Crippen LogP contribution in [0.15, 0.2) is 18.3 Å². The summed E-state index contributed by atoms with van der Waals surface area (Å²) in [6.07, 6.45) is 2.28. The van der Waals surface area contributed by atoms with E-state index in [4.69, 9.17) is 4.74 Å². The van der Waals surface area contributed by atoms with Crippen molar-refractivity contribution in [1.82, 2.24) is 9.88 Å². The fraction of sp³-hybridized carbons (Fsp3) is 0.462. The Morgan fingerprint density at radius 2 is 2.42 bits per heavy atom. The van der Waals surface area contributed by atoms with Crippen molar-refractivity contribution < 1.29 is 14.3 Å². The Bertz CT molecular complexity index is 490. The number of hydrogen-bond acceptors (Lipinski definition) is 5. The normalized spacial score (nSPS) is 18.5. The molecule has 0 aliphatic carbocycles. The van der Waals surface area contributed by atoms with Crippen LogP contribution < -0.4 is 5.32 Å². The molecule has 0 saturated carbocycles. The van der Waals surface area contributed by atoms with Gasteiger partial charge in [0.1, 0.15) is 17.4 Å². The molecule has 0 spiro atoms. The fourth-order valence-corrected chi connectivity index (χ4v) is 2.02. The van der Waals surface area contributed by atoms with Gasteiger partial charge in [-0.25, -0.2) is 9.78 Å². The van der Waals surface area contributed by atoms with Gasteiger partial charge in [-0.1, -0.05) is 0 Å². The Morgan fingerprint density at radius 1 is 1.63 bits per heavy atom. The molecule has 1 N–H and O–H groups in total. The number of aromatic nitrogens is 1. The van der Waals surface area contributed by atoms with Gasteiger partial charge in [-0.2, -0.15) is 0 Å². The highest BCUT2D eigenvalue weighted by atomic mass is 16.5. The number of likely N-dealkylation sites (tertiary alicyclic amines) is 1. The molecule has 102 valence electrons. The van der Waals surface area contributed by atoms with Crippen molar-refractivity contribution in [2.75, 3.05) is 25.5 Å². The molecule has 2 rings (SSSR count). The number of rotatable bonds is 4. The van der Waals surface area contributed by atoms with Crippen molar-refractivity contribution in [1.29, 1.82) is 0 Å². The molecule has 1 aromatic heterocycles. The maximum absolute atomic E-state index is 11.8. The molecule has 0 aromatic carbocycles. The zero-order chi connectivity index (χ0) is 13.8. The standard InChI is InChI=1S/C13H17N3O3/c1-3-19-13(18)9-5-4-7-14-11(9)15-10-6-8-16(2)12(10)17/h4-5,7,10H,3,6,8H2,1-2H3,(H,14,15). The molecule has 1 aliphatic rings. The third kappa shape index (κ3) is 2.83. The van der Waals surface area contributed by atoms with Crippen molar-refractivity contribution in [2.45, 2.75) is 19.4 Å². The summed E-state index contributed by atoms with van der Waals surface area (Å²) in [4.78, 5) is 29.4. The number of carbonyl (C=O) groups is 2. The molecule has 19 heavy (non-hydrogen) atoms. The van der Waals surface area contributed by atoms with Crippen molar-refractivity contribution in [3.05, 3.63) is 23.9 Å². The maximum atomic E-state index is 11.8. The number of hydrogen-bond donors (Lipinski definition) is 1. The molecular weight excluding hydrogens is 246 g/mol. The van der Waals surface area contributed by atoms with Crippen LogP contribution in [-0.2, 0) is 9.53 Å². The molecule has 1 aromatic rings. The van der Waals surface area contributed by atoms with Gasteiger partial charge in [0, 0.05) is 19.8 Å². The van der Waals surface area contributed by atoms with Crippen LogP contribution in [-0.4, -0.2) is 48.0 Å². The molecule has 1 fully saturated rings. The lowest BCUT2D eigenvalue weighted by atomic mass is 10.2. The van der Waals surface area contributed by atoms with E-state index in [-0.39, 0.29) is 11.9 Å². The number of pyridine rings is 1. The minimum atomic E-state index is -0.433. The zero-order valence-corrected chi connectivity index (χ0v) is 11.0. The number of carbonyl (C=O) groups excluding carboxylic acids is 2. The summed E-state index contributed by atoms with van der Waals surface area (Å²) < 4.78 is 4.97. The van der Waals surface area contributed by atoms with E-state index < -0.39 is 5.97 Å². The molecule has 1 saturated heterocycles. The second-order valence-electron chi connectivity index (χ2n) is 4.37. The van der Waals surface area contributed by atoms with Gasteiger partial charge in [0.15, 0.2) is 0 Å². The molecule has 0 bridgehead atoms. The highest BCUT2D eigenvalue weighted by molar-refractivity contribution is 5.96. The zero-order valence-electron chi connectivity index (χ0n) is 11.0. The number of esters is 1. The number of nitrogens with one attached hydrogen (secondary N) is 1. The third-order valence-corrected chi connectivity index (χ3v) is 3.04. The lowest BCUT2D eigenvalue weighted by Gasteiger charge is -2.14. The number of nitrogens with zero attached hydrogens (tertiary/aromatic N) is 2. The number of likely N-dealkylation sites (N-methyl/N-ethyl adjacent to an activating group) is 1. The summed E-state index contributed by atoms with van der Waals surface area (Å²) in [5.74, 6) is -0.0213. The van der Waals surface area contributed by atoms with Crippen molar-refractivity contribution >= 4 is 17.7 Å². The molecule has 0 radical (unpaired) electrons. The summed E-state index contributed by atoms with van der Waals surface area (Å²) >= 11 is 0. The Kier molecular flexibility index (Phi) is 3.99. The SMILES string of the molecule is CCOC(=O)c1cccnc1NC1CCN(C)C1=O. The minimum absolute atomic E-state index is 0.0143. The maximum Gasteiger partial charge on any atom is 0.341 e. The van der Waals surface area contributed by atoms with Gasteiger partial charge in [0.25, 0.3) is 0 Å². The van der Waals surface area contributed by atoms with Crippen molar-refractivity contribution in [2.24, 2.45) is 0 Å². The highest BCUT2D eigenvalue weighted by Crippen LogP contribution is 2.18. The largest absolute Gasteiger partial charge is 0.462 e. The topological polar surface area (TPSA) is 71.5 Å². The predicted octanol–water partition coefficient (Wildman–Crippen LogP) is 0.901. The highest BCUT2D eigenvalue weighted by Gasteiger charge is 2.30. The van der Waals surface area contributed by atoms with Gasteiger partial charge in [-0.05, 0) is 25.5 Å². The summed E-state index contributed by atoms with van der Waals surface area (Å²) in [5, 5.41) is 3.03. The first kappa shape index (κ1) is 13.3. The summed E-state index contributed by atoms with van der Waals surface area (Å²) in [6, 6.07) is 2.98. The fourth-order valence-electron chi connectivity index (χ4n) is 2.02. The van der Waals surface area contributed by atoms with E-state index in [2.05, 4.69) is 10.3 Å². The minimum Gasteiger partial charge on any atom is -0.462 e. The Labute approximate surface area is 111 Å². The molecule has 2 heterocycles. The van der Waals surface area contributed by atoms with Gasteiger partial charge >= 0.3 is 5.97 Å². The van der Waals surface area contributed by atoms with Gasteiger partial charge < -0.3 is 15.0 Å². The average molecular weight is 263 g/mol. The second kappa shape index (κ2) is 5.69. The van der Waals surface area contributed by atoms with Crippen molar-refractivity contribution in [3.8, 4) is 0 Å². The molecule has 1 unspecified atom stereocenters. The van der Waals surface area contributed by atoms with E-state index in [1.54, 1.807) is 37.2 Å². The van der Waals surface area contributed by atoms with Crippen LogP contribution in [0.1, 0.15) is 23.7 Å². The lowest BCUT2D eigenvalue weighted by molar-refractivity contribution is -0.127. The van der Waals surface area contributed by atoms with Gasteiger partial charge in [0.2, 0.25) is 5.91 Å². The number of amides is 1. The summed E-state index contributed by atoms with van der Waals surface area (Å²) in [6.45, 7) is 2.76. The van der Waals surface area contributed by atoms with Gasteiger partial charge in [-0.15, -0.1) is 0 Å². The first-order chi connectivity index (χ1) is 9.13. The monoisotopic (exact) mass is 263 g/mol. The van der Waals surface area contributed by atoms with Crippen LogP contribution in [0.5, 0.6) is 0 Å². The summed E-state index contributed by atoms with van der Waals surface area (Å²) in [7, 11) is 1.76. The van der Waals surface area contributed by atoms with Crippen LogP contribution in [0.3, 0.4) is 0 Å². The van der Waals surface area contributed by atoms with Gasteiger partial charge in [-0.3, -0.25) is 4.79 Å². The van der Waals surface area contributed by atoms with E-state index >= 15 is 0 Å². The predicted molar refractivity (Wildman–Crippen MR) is 69.9 cm³/mol. The third-order valence-electron chi connectivity index (χ3n) is 3.04. The molecule has 6 nitrogen and oxygen atoms in total. The van der Waals surface area contributed by atoms with E-state index in [9.17, 15) is 9.59 Å². The Hall–Kier alpha value is -2.11. The first-order valence-corrected chi connectivity index (χ1v) is 6.27. The van der Waals surface area contributed by atoms with Crippen LogP contribution >= 0.6 is 0 Å². The average Bonchev–Trinajstić information content (AvgIpc) is 2.72. The van der Waals surface area contributed by atoms with E-state index in [0.717, 1.165) is 0 Å². The summed E-state index contributed by atoms with van der Waals surface area (Å²) in [5.41, 5.74) is 0.353. The molecule has 1 aliphatic heterocycles. The smallest absolute Gasteiger partial charge is 0.341 e. The lowest BCUT2D eigenvalue weighted by Crippen LogP contribution is -2.31. The second-order valence-corrected chi connectivity index (χ2v) is 4.37. The van der Waals surface area contributed by atoms with E-state index in [1.165, 1.54) is 0 Å². The molecule has 1 amide bonds. The van der Waals surface area contributed by atoms with Crippen LogP contribution in [0.25, 0.3) is 0 Å².